The number of sulfone groups is 1. The minimum absolute atomic E-state index is 0.306. The first-order valence-corrected chi connectivity index (χ1v) is 8.13. The van der Waals surface area contributed by atoms with E-state index in [1.54, 1.807) is 0 Å². The molecule has 7 nitrogen and oxygen atoms in total. The predicted molar refractivity (Wildman–Crippen MR) is 56.4 cm³/mol. The number of hydrogen-bond donors (Lipinski definition) is 1. The lowest BCUT2D eigenvalue weighted by Crippen LogP contribution is -2.49. The zero-order valence-corrected chi connectivity index (χ0v) is 10.9. The lowest BCUT2D eigenvalue weighted by Gasteiger charge is -2.26. The maximum Gasteiger partial charge on any atom is 0.511 e. The van der Waals surface area contributed by atoms with E-state index in [0.29, 0.717) is 0 Å². The highest BCUT2D eigenvalue weighted by Crippen LogP contribution is 2.31. The van der Waals surface area contributed by atoms with Crippen LogP contribution in [-0.4, -0.2) is 61.8 Å². The Hall–Kier alpha value is -0.880. The van der Waals surface area contributed by atoms with Crippen LogP contribution in [-0.2, 0) is 24.7 Å². The normalized spacial score (nSPS) is 23.7. The maximum atomic E-state index is 12.4. The molecule has 0 radical (unpaired) electrons. The van der Waals surface area contributed by atoms with Gasteiger partial charge in [-0.1, -0.05) is 0 Å². The van der Waals surface area contributed by atoms with Crippen molar-refractivity contribution >= 4 is 25.8 Å². The van der Waals surface area contributed by atoms with Gasteiger partial charge in [-0.25, -0.2) is 16.8 Å². The zero-order valence-electron chi connectivity index (χ0n) is 9.29. The van der Waals surface area contributed by atoms with Crippen molar-refractivity contribution in [1.82, 2.24) is 4.31 Å². The molecule has 1 saturated heterocycles. The average molecular weight is 325 g/mol. The summed E-state index contributed by atoms with van der Waals surface area (Å²) < 4.78 is 81.7. The number of aliphatic carboxylic acids is 1. The van der Waals surface area contributed by atoms with E-state index in [4.69, 9.17) is 5.11 Å². The number of carbonyl (C=O) groups is 1. The second-order valence-corrected chi connectivity index (χ2v) is 8.06. The van der Waals surface area contributed by atoms with Crippen LogP contribution in [0.4, 0.5) is 13.2 Å². The molecule has 0 saturated carbocycles. The lowest BCUT2D eigenvalue weighted by atomic mass is 10.2. The Morgan fingerprint density at radius 1 is 1.37 bits per heavy atom. The molecule has 12 heteroatoms. The molecule has 1 fully saturated rings. The number of carboxylic acids is 1. The molecule has 1 unspecified atom stereocenters. The monoisotopic (exact) mass is 325 g/mol. The molecule has 0 spiro atoms. The first-order valence-electron chi connectivity index (χ1n) is 4.87. The number of rotatable bonds is 4. The van der Waals surface area contributed by atoms with Crippen LogP contribution in [0.3, 0.4) is 0 Å². The van der Waals surface area contributed by atoms with Gasteiger partial charge in [0.1, 0.15) is 6.54 Å². The molecule has 1 heterocycles. The fraction of sp³-hybridized carbons (Fsp3) is 0.857. The van der Waals surface area contributed by atoms with Crippen molar-refractivity contribution in [3.63, 3.8) is 0 Å². The SMILES string of the molecule is O=C(O)CN(C1CCS(=O)(=O)C1)S(=O)(=O)C(F)(F)F. The van der Waals surface area contributed by atoms with Gasteiger partial charge in [-0.2, -0.15) is 17.5 Å². The topological polar surface area (TPSA) is 109 Å². The van der Waals surface area contributed by atoms with Gasteiger partial charge in [0.05, 0.1) is 11.5 Å². The van der Waals surface area contributed by atoms with E-state index >= 15 is 0 Å². The molecule has 0 aromatic rings. The average Bonchev–Trinajstić information content (AvgIpc) is 2.52. The highest BCUT2D eigenvalue weighted by Gasteiger charge is 2.53. The van der Waals surface area contributed by atoms with Gasteiger partial charge in [0.2, 0.25) is 0 Å². The van der Waals surface area contributed by atoms with Crippen LogP contribution in [0.15, 0.2) is 0 Å². The zero-order chi connectivity index (χ0) is 15.1. The summed E-state index contributed by atoms with van der Waals surface area (Å²) in [5, 5.41) is 8.48. The molecule has 19 heavy (non-hydrogen) atoms. The van der Waals surface area contributed by atoms with Gasteiger partial charge >= 0.3 is 21.5 Å². The number of halogens is 3. The fourth-order valence-corrected chi connectivity index (χ4v) is 4.62. The van der Waals surface area contributed by atoms with E-state index in [0.717, 1.165) is 0 Å². The summed E-state index contributed by atoms with van der Waals surface area (Å²) in [6.07, 6.45) is -0.356. The highest BCUT2D eigenvalue weighted by molar-refractivity contribution is 7.92. The lowest BCUT2D eigenvalue weighted by molar-refractivity contribution is -0.137. The van der Waals surface area contributed by atoms with Gasteiger partial charge in [0.15, 0.2) is 9.84 Å². The minimum Gasteiger partial charge on any atom is -0.480 e. The Morgan fingerprint density at radius 3 is 2.21 bits per heavy atom. The standard InChI is InChI=1S/C7H10F3NO6S2/c8-7(9,10)19(16,17)11(3-6(12)13)5-1-2-18(14,15)4-5/h5H,1-4H2,(H,12,13). The van der Waals surface area contributed by atoms with Crippen molar-refractivity contribution < 1.29 is 39.9 Å². The fourth-order valence-electron chi connectivity index (χ4n) is 1.68. The Balaban J connectivity index is 3.14. The van der Waals surface area contributed by atoms with Gasteiger partial charge < -0.3 is 5.11 Å². The Bertz CT molecular complexity index is 566. The van der Waals surface area contributed by atoms with Crippen LogP contribution in [0, 0.1) is 0 Å². The molecule has 1 aliphatic heterocycles. The van der Waals surface area contributed by atoms with Gasteiger partial charge in [0, 0.05) is 6.04 Å². The molecule has 1 aliphatic rings. The van der Waals surface area contributed by atoms with Crippen LogP contribution >= 0.6 is 0 Å². The van der Waals surface area contributed by atoms with E-state index in [1.807, 2.05) is 0 Å². The maximum absolute atomic E-state index is 12.4. The number of nitrogens with zero attached hydrogens (tertiary/aromatic N) is 1. The van der Waals surface area contributed by atoms with Crippen LogP contribution in [0.1, 0.15) is 6.42 Å². The Kier molecular flexibility index (Phi) is 4.17. The largest absolute Gasteiger partial charge is 0.511 e. The molecule has 1 N–H and O–H groups in total. The first kappa shape index (κ1) is 16.2. The first-order chi connectivity index (χ1) is 8.37. The molecular weight excluding hydrogens is 315 g/mol. The van der Waals surface area contributed by atoms with E-state index in [1.165, 1.54) is 0 Å². The number of hydrogen-bond acceptors (Lipinski definition) is 5. The summed E-state index contributed by atoms with van der Waals surface area (Å²) in [5.41, 5.74) is -5.67. The molecule has 0 bridgehead atoms. The third-order valence-corrected chi connectivity index (χ3v) is 5.89. The number of carboxylic acid groups (broad SMARTS) is 1. The van der Waals surface area contributed by atoms with E-state index in [9.17, 15) is 34.8 Å². The third kappa shape index (κ3) is 3.57. The minimum atomic E-state index is -5.88. The van der Waals surface area contributed by atoms with Gasteiger partial charge in [-0.05, 0) is 6.42 Å². The van der Waals surface area contributed by atoms with Gasteiger partial charge in [-0.3, -0.25) is 4.79 Å². The Labute approximate surface area is 107 Å². The van der Waals surface area contributed by atoms with Crippen LogP contribution in [0.5, 0.6) is 0 Å². The van der Waals surface area contributed by atoms with Crippen molar-refractivity contribution in [3.05, 3.63) is 0 Å². The van der Waals surface area contributed by atoms with E-state index in [2.05, 4.69) is 0 Å². The quantitative estimate of drug-likeness (QED) is 0.740. The second-order valence-electron chi connectivity index (χ2n) is 3.95. The summed E-state index contributed by atoms with van der Waals surface area (Å²) in [6, 6.07) is -1.51. The summed E-state index contributed by atoms with van der Waals surface area (Å²) in [5.74, 6) is -3.08. The molecule has 1 rings (SSSR count). The van der Waals surface area contributed by atoms with Crippen molar-refractivity contribution in [1.29, 1.82) is 0 Å². The molecule has 0 aromatic heterocycles. The van der Waals surface area contributed by atoms with E-state index < -0.39 is 55.4 Å². The third-order valence-electron chi connectivity index (χ3n) is 2.51. The van der Waals surface area contributed by atoms with Crippen molar-refractivity contribution in [2.24, 2.45) is 0 Å². The van der Waals surface area contributed by atoms with Crippen molar-refractivity contribution in [2.45, 2.75) is 18.0 Å². The van der Waals surface area contributed by atoms with Gasteiger partial charge in [-0.15, -0.1) is 0 Å². The molecule has 0 amide bonds. The number of sulfonamides is 1. The molecule has 0 aromatic carbocycles. The summed E-state index contributed by atoms with van der Waals surface area (Å²) in [7, 11) is -9.53. The second kappa shape index (κ2) is 4.90. The van der Waals surface area contributed by atoms with Gasteiger partial charge in [0.25, 0.3) is 0 Å². The highest BCUT2D eigenvalue weighted by atomic mass is 32.2. The smallest absolute Gasteiger partial charge is 0.480 e. The van der Waals surface area contributed by atoms with Crippen LogP contribution in [0.25, 0.3) is 0 Å². The molecule has 1 atom stereocenters. The summed E-state index contributed by atoms with van der Waals surface area (Å²) in [4.78, 5) is 10.5. The van der Waals surface area contributed by atoms with Crippen molar-refractivity contribution in [3.8, 4) is 0 Å². The summed E-state index contributed by atoms with van der Waals surface area (Å²) in [6.45, 7) is -1.43. The molecule has 0 aliphatic carbocycles. The van der Waals surface area contributed by atoms with E-state index in [-0.39, 0.29) is 10.7 Å². The Morgan fingerprint density at radius 2 is 1.89 bits per heavy atom. The molecule has 112 valence electrons. The van der Waals surface area contributed by atoms with Crippen LogP contribution < -0.4 is 0 Å². The van der Waals surface area contributed by atoms with Crippen molar-refractivity contribution in [2.75, 3.05) is 18.1 Å². The van der Waals surface area contributed by atoms with Crippen LogP contribution in [0.2, 0.25) is 0 Å². The predicted octanol–water partition coefficient (Wildman–Crippen LogP) is -0.590. The summed E-state index contributed by atoms with van der Waals surface area (Å²) >= 11 is 0. The molecular formula is C7H10F3NO6S2. The number of alkyl halides is 3.